The first kappa shape index (κ1) is 18.6. The Bertz CT molecular complexity index is 1210. The largest absolute Gasteiger partial charge is 0.452 e. The maximum absolute atomic E-state index is 13.0. The fourth-order valence-corrected chi connectivity index (χ4v) is 4.11. The molecule has 0 saturated carbocycles. The second kappa shape index (κ2) is 7.15. The summed E-state index contributed by atoms with van der Waals surface area (Å²) in [7, 11) is 1.97. The third-order valence-corrected chi connectivity index (χ3v) is 5.57. The second-order valence-electron chi connectivity index (χ2n) is 7.69. The molecule has 30 heavy (non-hydrogen) atoms. The van der Waals surface area contributed by atoms with Crippen LogP contribution in [0.25, 0.3) is 17.0 Å². The number of hydrogen-bond acceptors (Lipinski definition) is 5. The summed E-state index contributed by atoms with van der Waals surface area (Å²) in [6.45, 7) is 2.38. The minimum absolute atomic E-state index is 0.174. The minimum atomic E-state index is -0.525. The van der Waals surface area contributed by atoms with E-state index in [1.165, 1.54) is 0 Å². The maximum atomic E-state index is 13.0. The maximum Gasteiger partial charge on any atom is 0.340 e. The van der Waals surface area contributed by atoms with Gasteiger partial charge in [-0.25, -0.2) is 4.79 Å². The number of Topliss-reactive ketones (excluding diaryl/α,β-unsaturated/α-hetero) is 1. The van der Waals surface area contributed by atoms with E-state index in [9.17, 15) is 9.59 Å². The summed E-state index contributed by atoms with van der Waals surface area (Å²) >= 11 is 0. The van der Waals surface area contributed by atoms with Gasteiger partial charge in [-0.2, -0.15) is 0 Å². The lowest BCUT2D eigenvalue weighted by atomic mass is 10.0. The van der Waals surface area contributed by atoms with Crippen LogP contribution >= 0.6 is 0 Å². The fourth-order valence-electron chi connectivity index (χ4n) is 4.11. The van der Waals surface area contributed by atoms with Crippen molar-refractivity contribution < 1.29 is 23.8 Å². The quantitative estimate of drug-likeness (QED) is 0.373. The lowest BCUT2D eigenvalue weighted by molar-refractivity contribution is -0.144. The zero-order valence-electron chi connectivity index (χ0n) is 16.8. The lowest BCUT2D eigenvalue weighted by Crippen LogP contribution is -2.24. The summed E-state index contributed by atoms with van der Waals surface area (Å²) in [5.74, 6) is 0.426. The highest BCUT2D eigenvalue weighted by molar-refractivity contribution is 6.16. The molecule has 2 aliphatic heterocycles. The van der Waals surface area contributed by atoms with Crippen molar-refractivity contribution in [2.45, 2.75) is 25.9 Å². The van der Waals surface area contributed by atoms with Crippen molar-refractivity contribution in [3.8, 4) is 11.5 Å². The van der Waals surface area contributed by atoms with Gasteiger partial charge in [-0.1, -0.05) is 18.2 Å². The van der Waals surface area contributed by atoms with Gasteiger partial charge in [-0.05, 0) is 43.5 Å². The number of para-hydroxylation sites is 1. The Morgan fingerprint density at radius 1 is 1.27 bits per heavy atom. The molecule has 1 aromatic heterocycles. The molecule has 5 rings (SSSR count). The van der Waals surface area contributed by atoms with E-state index < -0.39 is 12.1 Å². The Hall–Kier alpha value is -3.38. The molecule has 152 valence electrons. The van der Waals surface area contributed by atoms with Gasteiger partial charge in [0.25, 0.3) is 0 Å². The summed E-state index contributed by atoms with van der Waals surface area (Å²) < 4.78 is 18.8. The average Bonchev–Trinajstić information content (AvgIpc) is 3.43. The van der Waals surface area contributed by atoms with Crippen LogP contribution in [-0.2, 0) is 16.6 Å². The molecular formula is C24H21NO5. The molecule has 6 heteroatoms. The molecule has 0 aliphatic carbocycles. The van der Waals surface area contributed by atoms with Crippen LogP contribution in [0.5, 0.6) is 11.5 Å². The van der Waals surface area contributed by atoms with Crippen molar-refractivity contribution in [2.75, 3.05) is 6.61 Å². The summed E-state index contributed by atoms with van der Waals surface area (Å²) in [5.41, 5.74) is 3.19. The van der Waals surface area contributed by atoms with Crippen LogP contribution in [0.1, 0.15) is 34.3 Å². The molecule has 6 nitrogen and oxygen atoms in total. The van der Waals surface area contributed by atoms with Crippen LogP contribution in [0, 0.1) is 6.92 Å². The summed E-state index contributed by atoms with van der Waals surface area (Å²) in [6.07, 6.45) is 4.72. The van der Waals surface area contributed by atoms with Gasteiger partial charge >= 0.3 is 5.97 Å². The molecular weight excluding hydrogens is 382 g/mol. The highest BCUT2D eigenvalue weighted by Gasteiger charge is 2.31. The number of ketones is 1. The monoisotopic (exact) mass is 403 g/mol. The smallest absolute Gasteiger partial charge is 0.340 e. The molecule has 0 bridgehead atoms. The molecule has 3 heterocycles. The van der Waals surface area contributed by atoms with Crippen LogP contribution in [-0.4, -0.2) is 29.0 Å². The normalized spacial score (nSPS) is 19.3. The van der Waals surface area contributed by atoms with Crippen LogP contribution in [0.2, 0.25) is 0 Å². The van der Waals surface area contributed by atoms with Gasteiger partial charge in [0.15, 0.2) is 11.9 Å². The van der Waals surface area contributed by atoms with Gasteiger partial charge in [0.1, 0.15) is 11.5 Å². The number of benzene rings is 2. The van der Waals surface area contributed by atoms with Crippen LogP contribution in [0.3, 0.4) is 0 Å². The topological polar surface area (TPSA) is 66.8 Å². The number of rotatable bonds is 3. The second-order valence-corrected chi connectivity index (χ2v) is 7.69. The van der Waals surface area contributed by atoms with Gasteiger partial charge in [0.05, 0.1) is 5.56 Å². The van der Waals surface area contributed by atoms with Crippen molar-refractivity contribution >= 4 is 28.7 Å². The highest BCUT2D eigenvalue weighted by atomic mass is 16.6. The first-order valence-corrected chi connectivity index (χ1v) is 9.97. The number of nitrogens with zero attached hydrogens (tertiary/aromatic N) is 1. The number of ether oxygens (including phenoxy) is 3. The fraction of sp³-hybridized carbons (Fsp3) is 0.250. The van der Waals surface area contributed by atoms with Crippen molar-refractivity contribution in [3.05, 3.63) is 65.0 Å². The third-order valence-electron chi connectivity index (χ3n) is 5.57. The number of aromatic nitrogens is 1. The molecule has 2 aliphatic rings. The Labute approximate surface area is 173 Å². The lowest BCUT2D eigenvalue weighted by Gasteiger charge is -2.11. The van der Waals surface area contributed by atoms with E-state index in [1.807, 2.05) is 49.0 Å². The molecule has 0 radical (unpaired) electrons. The zero-order valence-corrected chi connectivity index (χ0v) is 16.8. The zero-order chi connectivity index (χ0) is 20.8. The van der Waals surface area contributed by atoms with Gasteiger partial charge in [0, 0.05) is 42.4 Å². The Balaban J connectivity index is 1.45. The molecule has 1 saturated heterocycles. The highest BCUT2D eigenvalue weighted by Crippen LogP contribution is 2.38. The van der Waals surface area contributed by atoms with E-state index in [-0.39, 0.29) is 11.5 Å². The summed E-state index contributed by atoms with van der Waals surface area (Å²) in [5, 5.41) is 1.04. The predicted octanol–water partition coefficient (Wildman–Crippen LogP) is 4.19. The van der Waals surface area contributed by atoms with Crippen LogP contribution < -0.4 is 9.47 Å². The summed E-state index contributed by atoms with van der Waals surface area (Å²) in [6, 6.07) is 11.3. The Morgan fingerprint density at radius 3 is 2.90 bits per heavy atom. The predicted molar refractivity (Wildman–Crippen MR) is 112 cm³/mol. The molecule has 1 fully saturated rings. The van der Waals surface area contributed by atoms with E-state index in [1.54, 1.807) is 18.2 Å². The number of aryl methyl sites for hydroxylation is 2. The van der Waals surface area contributed by atoms with Crippen molar-refractivity contribution in [1.29, 1.82) is 0 Å². The third kappa shape index (κ3) is 3.09. The van der Waals surface area contributed by atoms with E-state index in [4.69, 9.17) is 14.2 Å². The Kier molecular flexibility index (Phi) is 4.44. The number of allylic oxidation sites excluding steroid dienone is 1. The van der Waals surface area contributed by atoms with Crippen molar-refractivity contribution in [1.82, 2.24) is 4.57 Å². The van der Waals surface area contributed by atoms with E-state index in [2.05, 4.69) is 0 Å². The van der Waals surface area contributed by atoms with Crippen LogP contribution in [0.15, 0.2) is 48.4 Å². The van der Waals surface area contributed by atoms with Gasteiger partial charge in [-0.15, -0.1) is 0 Å². The Morgan fingerprint density at radius 2 is 2.10 bits per heavy atom. The molecule has 3 aromatic rings. The standard InChI is InChI=1S/C24H21NO5/c1-14-10-16(29-24(27)19-8-5-9-28-19)12-20-22(14)23(26)21(30-20)11-15-13-25(2)18-7-4-3-6-17(15)18/h3-4,6-7,10-13,19H,5,8-9H2,1-2H3/b21-11-. The SMILES string of the molecule is Cc1cc(OC(=O)C2CCCO2)cc2c1C(=O)/C(=C/c1cn(C)c3ccccc13)O2. The molecule has 1 atom stereocenters. The van der Waals surface area contributed by atoms with E-state index in [0.29, 0.717) is 35.7 Å². The molecule has 2 aromatic carbocycles. The van der Waals surface area contributed by atoms with Crippen molar-refractivity contribution in [2.24, 2.45) is 7.05 Å². The number of carbonyl (C=O) groups is 2. The number of hydrogen-bond donors (Lipinski definition) is 0. The average molecular weight is 403 g/mol. The number of carbonyl (C=O) groups excluding carboxylic acids is 2. The van der Waals surface area contributed by atoms with Crippen LogP contribution in [0.4, 0.5) is 0 Å². The summed E-state index contributed by atoms with van der Waals surface area (Å²) in [4.78, 5) is 25.2. The first-order chi connectivity index (χ1) is 14.5. The number of fused-ring (bicyclic) bond motifs is 2. The van der Waals surface area contributed by atoms with E-state index in [0.717, 1.165) is 22.9 Å². The molecule has 0 N–H and O–H groups in total. The van der Waals surface area contributed by atoms with Gasteiger partial charge in [0.2, 0.25) is 5.78 Å². The first-order valence-electron chi connectivity index (χ1n) is 9.97. The molecule has 0 spiro atoms. The van der Waals surface area contributed by atoms with E-state index >= 15 is 0 Å². The molecule has 1 unspecified atom stereocenters. The minimum Gasteiger partial charge on any atom is -0.452 e. The number of esters is 1. The van der Waals surface area contributed by atoms with Gasteiger partial charge < -0.3 is 18.8 Å². The van der Waals surface area contributed by atoms with Gasteiger partial charge in [-0.3, -0.25) is 4.79 Å². The van der Waals surface area contributed by atoms with Crippen molar-refractivity contribution in [3.63, 3.8) is 0 Å². The molecule has 0 amide bonds.